The summed E-state index contributed by atoms with van der Waals surface area (Å²) in [5, 5.41) is 0. The molecule has 0 radical (unpaired) electrons. The smallest absolute Gasteiger partial charge is 0.227 e. The van der Waals surface area contributed by atoms with Gasteiger partial charge in [0.1, 0.15) is 5.78 Å². The van der Waals surface area contributed by atoms with Crippen LogP contribution in [0.4, 0.5) is 0 Å². The Morgan fingerprint density at radius 3 is 2.60 bits per heavy atom. The lowest BCUT2D eigenvalue weighted by atomic mass is 9.88. The number of hydrogen-bond donors (Lipinski definition) is 1. The molecule has 0 saturated heterocycles. The SMILES string of the molecule is NC(=O)[C@H]1CCCCC1=O. The van der Waals surface area contributed by atoms with Crippen LogP contribution >= 0.6 is 0 Å². The summed E-state index contributed by atoms with van der Waals surface area (Å²) >= 11 is 0. The predicted molar refractivity (Wildman–Crippen MR) is 36.2 cm³/mol. The Morgan fingerprint density at radius 1 is 1.50 bits per heavy atom. The minimum atomic E-state index is -0.478. The van der Waals surface area contributed by atoms with Crippen molar-refractivity contribution in [3.05, 3.63) is 0 Å². The van der Waals surface area contributed by atoms with Gasteiger partial charge in [-0.15, -0.1) is 0 Å². The minimum Gasteiger partial charge on any atom is -0.369 e. The number of carbonyl (C=O) groups is 2. The van der Waals surface area contributed by atoms with Crippen LogP contribution in [0.5, 0.6) is 0 Å². The third kappa shape index (κ3) is 1.35. The van der Waals surface area contributed by atoms with Crippen molar-refractivity contribution in [1.82, 2.24) is 0 Å². The van der Waals surface area contributed by atoms with Gasteiger partial charge in [0.2, 0.25) is 5.91 Å². The second kappa shape index (κ2) is 2.82. The Hall–Kier alpha value is -0.860. The first-order valence-electron chi connectivity index (χ1n) is 3.54. The second-order valence-corrected chi connectivity index (χ2v) is 2.67. The van der Waals surface area contributed by atoms with E-state index < -0.39 is 11.8 Å². The van der Waals surface area contributed by atoms with Crippen molar-refractivity contribution in [2.24, 2.45) is 11.7 Å². The Kier molecular flexibility index (Phi) is 2.04. The number of Topliss-reactive ketones (excluding diaryl/α,β-unsaturated/α-hetero) is 1. The summed E-state index contributed by atoms with van der Waals surface area (Å²) in [6.45, 7) is 0. The predicted octanol–water partition coefficient (Wildman–Crippen LogP) is 0.231. The molecule has 1 rings (SSSR count). The van der Waals surface area contributed by atoms with Crippen LogP contribution in [0.25, 0.3) is 0 Å². The average Bonchev–Trinajstić information content (AvgIpc) is 1.88. The van der Waals surface area contributed by atoms with Gasteiger partial charge < -0.3 is 5.73 Å². The molecule has 2 N–H and O–H groups in total. The van der Waals surface area contributed by atoms with Crippen LogP contribution in [0.1, 0.15) is 25.7 Å². The highest BCUT2D eigenvalue weighted by atomic mass is 16.2. The fourth-order valence-corrected chi connectivity index (χ4v) is 1.28. The number of ketones is 1. The Morgan fingerprint density at radius 2 is 2.20 bits per heavy atom. The van der Waals surface area contributed by atoms with Gasteiger partial charge in [0.15, 0.2) is 0 Å². The first kappa shape index (κ1) is 7.25. The molecule has 0 aromatic heterocycles. The van der Waals surface area contributed by atoms with Crippen LogP contribution in [-0.2, 0) is 9.59 Å². The van der Waals surface area contributed by atoms with Crippen molar-refractivity contribution in [2.45, 2.75) is 25.7 Å². The molecule has 0 heterocycles. The highest BCUT2D eigenvalue weighted by Gasteiger charge is 2.26. The lowest BCUT2D eigenvalue weighted by molar-refractivity contribution is -0.133. The summed E-state index contributed by atoms with van der Waals surface area (Å²) in [4.78, 5) is 21.5. The van der Waals surface area contributed by atoms with Crippen molar-refractivity contribution in [3.8, 4) is 0 Å². The summed E-state index contributed by atoms with van der Waals surface area (Å²) in [5.74, 6) is -0.905. The zero-order valence-corrected chi connectivity index (χ0v) is 5.80. The molecular weight excluding hydrogens is 130 g/mol. The zero-order chi connectivity index (χ0) is 7.56. The average molecular weight is 141 g/mol. The molecule has 0 bridgehead atoms. The van der Waals surface area contributed by atoms with Crippen LogP contribution in [0.3, 0.4) is 0 Å². The third-order valence-electron chi connectivity index (χ3n) is 1.90. The molecule has 0 aliphatic heterocycles. The molecule has 1 fully saturated rings. The van der Waals surface area contributed by atoms with E-state index in [0.29, 0.717) is 12.8 Å². The summed E-state index contributed by atoms with van der Waals surface area (Å²) in [7, 11) is 0. The molecule has 10 heavy (non-hydrogen) atoms. The van der Waals surface area contributed by atoms with E-state index in [2.05, 4.69) is 0 Å². The third-order valence-corrected chi connectivity index (χ3v) is 1.90. The van der Waals surface area contributed by atoms with Gasteiger partial charge in [0, 0.05) is 6.42 Å². The standard InChI is InChI=1S/C7H11NO2/c8-7(10)5-3-1-2-4-6(5)9/h5H,1-4H2,(H2,8,10)/t5-/m0/s1. The van der Waals surface area contributed by atoms with Crippen LogP contribution in [-0.4, -0.2) is 11.7 Å². The highest BCUT2D eigenvalue weighted by Crippen LogP contribution is 2.19. The molecule has 56 valence electrons. The summed E-state index contributed by atoms with van der Waals surface area (Å²) in [5.41, 5.74) is 5.00. The largest absolute Gasteiger partial charge is 0.369 e. The van der Waals surface area contributed by atoms with Crippen LogP contribution < -0.4 is 5.73 Å². The Balaban J connectivity index is 2.56. The fraction of sp³-hybridized carbons (Fsp3) is 0.714. The number of amides is 1. The Labute approximate surface area is 59.6 Å². The van der Waals surface area contributed by atoms with Crippen LogP contribution in [0.15, 0.2) is 0 Å². The maximum Gasteiger partial charge on any atom is 0.227 e. The molecule has 1 aliphatic rings. The molecule has 0 spiro atoms. The molecule has 3 heteroatoms. The molecule has 1 aliphatic carbocycles. The van der Waals surface area contributed by atoms with Gasteiger partial charge in [-0.3, -0.25) is 9.59 Å². The van der Waals surface area contributed by atoms with E-state index >= 15 is 0 Å². The van der Waals surface area contributed by atoms with Crippen molar-refractivity contribution in [2.75, 3.05) is 0 Å². The van der Waals surface area contributed by atoms with Crippen molar-refractivity contribution >= 4 is 11.7 Å². The number of nitrogens with two attached hydrogens (primary N) is 1. The van der Waals surface area contributed by atoms with E-state index in [1.165, 1.54) is 0 Å². The molecule has 0 unspecified atom stereocenters. The zero-order valence-electron chi connectivity index (χ0n) is 5.80. The molecule has 1 saturated carbocycles. The minimum absolute atomic E-state index is 0.0266. The summed E-state index contributed by atoms with van der Waals surface area (Å²) < 4.78 is 0. The molecule has 0 aromatic rings. The van der Waals surface area contributed by atoms with E-state index in [1.54, 1.807) is 0 Å². The van der Waals surface area contributed by atoms with E-state index in [0.717, 1.165) is 12.8 Å². The van der Waals surface area contributed by atoms with E-state index in [9.17, 15) is 9.59 Å². The molecule has 1 amide bonds. The van der Waals surface area contributed by atoms with Gasteiger partial charge in [-0.05, 0) is 12.8 Å². The summed E-state index contributed by atoms with van der Waals surface area (Å²) in [6, 6.07) is 0. The molecule has 1 atom stereocenters. The highest BCUT2D eigenvalue weighted by molar-refractivity contribution is 6.00. The Bertz CT molecular complexity index is 165. The lowest BCUT2D eigenvalue weighted by Gasteiger charge is -2.16. The van der Waals surface area contributed by atoms with Crippen molar-refractivity contribution in [3.63, 3.8) is 0 Å². The monoisotopic (exact) mass is 141 g/mol. The van der Waals surface area contributed by atoms with Crippen LogP contribution in [0.2, 0.25) is 0 Å². The first-order valence-corrected chi connectivity index (χ1v) is 3.54. The van der Waals surface area contributed by atoms with Gasteiger partial charge in [-0.25, -0.2) is 0 Å². The maximum absolute atomic E-state index is 10.9. The van der Waals surface area contributed by atoms with Gasteiger partial charge in [-0.2, -0.15) is 0 Å². The van der Waals surface area contributed by atoms with Crippen LogP contribution in [0, 0.1) is 5.92 Å². The van der Waals surface area contributed by atoms with E-state index in [1.807, 2.05) is 0 Å². The van der Waals surface area contributed by atoms with Gasteiger partial charge in [0.05, 0.1) is 5.92 Å². The topological polar surface area (TPSA) is 60.2 Å². The second-order valence-electron chi connectivity index (χ2n) is 2.67. The summed E-state index contributed by atoms with van der Waals surface area (Å²) in [6.07, 6.45) is 3.07. The van der Waals surface area contributed by atoms with E-state index in [-0.39, 0.29) is 5.78 Å². The van der Waals surface area contributed by atoms with Gasteiger partial charge in [0.25, 0.3) is 0 Å². The van der Waals surface area contributed by atoms with Crippen molar-refractivity contribution in [1.29, 1.82) is 0 Å². The van der Waals surface area contributed by atoms with Gasteiger partial charge in [-0.1, -0.05) is 6.42 Å². The fourth-order valence-electron chi connectivity index (χ4n) is 1.28. The normalized spacial score (nSPS) is 26.4. The van der Waals surface area contributed by atoms with E-state index in [4.69, 9.17) is 5.73 Å². The molecular formula is C7H11NO2. The quantitative estimate of drug-likeness (QED) is 0.531. The van der Waals surface area contributed by atoms with Gasteiger partial charge >= 0.3 is 0 Å². The molecule has 3 nitrogen and oxygen atoms in total. The number of hydrogen-bond acceptors (Lipinski definition) is 2. The maximum atomic E-state index is 10.9. The number of primary amides is 1. The first-order chi connectivity index (χ1) is 4.72. The molecule has 0 aromatic carbocycles. The van der Waals surface area contributed by atoms with Crippen molar-refractivity contribution < 1.29 is 9.59 Å². The number of rotatable bonds is 1. The lowest BCUT2D eigenvalue weighted by Crippen LogP contribution is -2.32. The number of carbonyl (C=O) groups excluding carboxylic acids is 2.